The van der Waals surface area contributed by atoms with Crippen molar-refractivity contribution in [1.29, 1.82) is 0 Å². The molecule has 1 aliphatic heterocycles. The minimum atomic E-state index is -0.139. The van der Waals surface area contributed by atoms with E-state index in [9.17, 15) is 4.79 Å². The first-order valence-electron chi connectivity index (χ1n) is 6.72. The number of rotatable bonds is 3. The van der Waals surface area contributed by atoms with Gasteiger partial charge in [0.05, 0.1) is 23.0 Å². The lowest BCUT2D eigenvalue weighted by atomic mass is 10.1. The topological polar surface area (TPSA) is 62.7 Å². The first-order valence-corrected chi connectivity index (χ1v) is 7.54. The van der Waals surface area contributed by atoms with Crippen LogP contribution in [0.5, 0.6) is 5.75 Å². The van der Waals surface area contributed by atoms with E-state index in [4.69, 9.17) is 9.84 Å². The average molecular weight is 304 g/mol. The molecule has 0 atom stereocenters. The van der Waals surface area contributed by atoms with Crippen molar-refractivity contribution in [3.8, 4) is 17.0 Å². The molecule has 0 fully saturated rings. The van der Waals surface area contributed by atoms with Gasteiger partial charge in [-0.2, -0.15) is 0 Å². The number of fused-ring (bicyclic) bond motifs is 1. The second-order valence-electron chi connectivity index (χ2n) is 4.88. The molecule has 6 heteroatoms. The van der Waals surface area contributed by atoms with Crippen LogP contribution in [0.1, 0.15) is 9.88 Å². The molecule has 0 saturated carbocycles. The Balaban J connectivity index is 2.07. The maximum Gasteiger partial charge on any atom is 0.265 e. The summed E-state index contributed by atoms with van der Waals surface area (Å²) < 4.78 is 5.45. The number of β-amino-alcohol motifs (C(OH)–C–C–N with tert-alkyl or cyclic N) is 1. The lowest BCUT2D eigenvalue weighted by Gasteiger charge is -2.29. The molecule has 5 nitrogen and oxygen atoms in total. The molecule has 1 aromatic carbocycles. The number of hydrogen-bond donors (Lipinski definition) is 1. The van der Waals surface area contributed by atoms with Crippen LogP contribution in [0.3, 0.4) is 0 Å². The number of ether oxygens (including phenoxy) is 1. The van der Waals surface area contributed by atoms with Gasteiger partial charge in [0.15, 0.2) is 6.61 Å². The molecular weight excluding hydrogens is 288 g/mol. The van der Waals surface area contributed by atoms with Crippen LogP contribution >= 0.6 is 11.3 Å². The van der Waals surface area contributed by atoms with Crippen molar-refractivity contribution in [1.82, 2.24) is 4.98 Å². The summed E-state index contributed by atoms with van der Waals surface area (Å²) in [5.41, 5.74) is 2.59. The summed E-state index contributed by atoms with van der Waals surface area (Å²) in [6.45, 7) is 4.22. The van der Waals surface area contributed by atoms with Crippen LogP contribution in [0.15, 0.2) is 18.2 Å². The third kappa shape index (κ3) is 2.52. The monoisotopic (exact) mass is 304 g/mol. The van der Waals surface area contributed by atoms with Crippen molar-refractivity contribution in [2.24, 2.45) is 0 Å². The minimum Gasteiger partial charge on any atom is -0.482 e. The van der Waals surface area contributed by atoms with Gasteiger partial charge in [0.1, 0.15) is 5.75 Å². The fraction of sp³-hybridized carbons (Fsp3) is 0.333. The van der Waals surface area contributed by atoms with E-state index in [-0.39, 0.29) is 25.7 Å². The van der Waals surface area contributed by atoms with Crippen molar-refractivity contribution in [2.45, 2.75) is 13.8 Å². The normalized spacial score (nSPS) is 14.0. The van der Waals surface area contributed by atoms with Crippen LogP contribution in [-0.4, -0.2) is 35.8 Å². The van der Waals surface area contributed by atoms with Gasteiger partial charge in [-0.1, -0.05) is 0 Å². The highest BCUT2D eigenvalue weighted by Gasteiger charge is 2.25. The second kappa shape index (κ2) is 5.46. The molecule has 1 N–H and O–H groups in total. The second-order valence-corrected chi connectivity index (χ2v) is 6.29. The number of benzene rings is 1. The molecule has 1 aliphatic rings. The highest BCUT2D eigenvalue weighted by Crippen LogP contribution is 2.37. The van der Waals surface area contributed by atoms with Gasteiger partial charge in [0.2, 0.25) is 0 Å². The summed E-state index contributed by atoms with van der Waals surface area (Å²) in [6.07, 6.45) is 0. The van der Waals surface area contributed by atoms with Gasteiger partial charge in [-0.05, 0) is 32.0 Å². The van der Waals surface area contributed by atoms with Crippen molar-refractivity contribution in [3.63, 3.8) is 0 Å². The van der Waals surface area contributed by atoms with Gasteiger partial charge in [-0.25, -0.2) is 4.98 Å². The number of carbonyl (C=O) groups is 1. The van der Waals surface area contributed by atoms with Crippen LogP contribution in [0.4, 0.5) is 5.69 Å². The van der Waals surface area contributed by atoms with E-state index in [1.54, 1.807) is 16.2 Å². The van der Waals surface area contributed by atoms with Crippen molar-refractivity contribution >= 4 is 22.9 Å². The van der Waals surface area contributed by atoms with Crippen LogP contribution in [0, 0.1) is 13.8 Å². The molecule has 2 aromatic rings. The molecule has 21 heavy (non-hydrogen) atoms. The van der Waals surface area contributed by atoms with Crippen molar-refractivity contribution in [3.05, 3.63) is 28.1 Å². The van der Waals surface area contributed by atoms with Gasteiger partial charge >= 0.3 is 0 Å². The van der Waals surface area contributed by atoms with Gasteiger partial charge < -0.3 is 14.7 Å². The predicted octanol–water partition coefficient (Wildman–Crippen LogP) is 2.14. The van der Waals surface area contributed by atoms with Crippen LogP contribution < -0.4 is 9.64 Å². The average Bonchev–Trinajstić information content (AvgIpc) is 2.80. The van der Waals surface area contributed by atoms with E-state index < -0.39 is 0 Å². The fourth-order valence-electron chi connectivity index (χ4n) is 2.49. The van der Waals surface area contributed by atoms with Crippen LogP contribution in [-0.2, 0) is 4.79 Å². The molecule has 2 heterocycles. The molecule has 0 aliphatic carbocycles. The van der Waals surface area contributed by atoms with Crippen molar-refractivity contribution < 1.29 is 14.6 Å². The van der Waals surface area contributed by atoms with E-state index in [0.717, 1.165) is 21.1 Å². The SMILES string of the molecule is Cc1nc(-c2ccc3c(c2)N(CCO)C(=O)CO3)c(C)s1. The molecule has 0 bridgehead atoms. The summed E-state index contributed by atoms with van der Waals surface area (Å²) in [5, 5.41) is 10.2. The standard InChI is InChI=1S/C15H16N2O3S/c1-9-15(16-10(2)21-9)11-3-4-13-12(7-11)17(5-6-18)14(19)8-20-13/h3-4,7,18H,5-6,8H2,1-2H3. The number of aliphatic hydroxyl groups excluding tert-OH is 1. The Hall–Kier alpha value is -1.92. The number of thiazole rings is 1. The minimum absolute atomic E-state index is 0.0151. The molecule has 0 unspecified atom stereocenters. The van der Waals surface area contributed by atoms with Gasteiger partial charge in [0, 0.05) is 17.0 Å². The lowest BCUT2D eigenvalue weighted by Crippen LogP contribution is -2.40. The zero-order valence-corrected chi connectivity index (χ0v) is 12.7. The van der Waals surface area contributed by atoms with Crippen molar-refractivity contribution in [2.75, 3.05) is 24.7 Å². The number of nitrogens with zero attached hydrogens (tertiary/aromatic N) is 2. The Morgan fingerprint density at radius 3 is 2.90 bits per heavy atom. The maximum absolute atomic E-state index is 11.9. The molecule has 1 amide bonds. The number of carbonyl (C=O) groups excluding carboxylic acids is 1. The molecule has 110 valence electrons. The molecule has 0 radical (unpaired) electrons. The summed E-state index contributed by atoms with van der Waals surface area (Å²) in [4.78, 5) is 19.2. The number of aryl methyl sites for hydroxylation is 2. The largest absolute Gasteiger partial charge is 0.482 e. The van der Waals surface area contributed by atoms with Gasteiger partial charge in [0.25, 0.3) is 5.91 Å². The Kier molecular flexibility index (Phi) is 3.65. The number of aliphatic hydroxyl groups is 1. The highest BCUT2D eigenvalue weighted by atomic mass is 32.1. The predicted molar refractivity (Wildman–Crippen MR) is 82.0 cm³/mol. The van der Waals surface area contributed by atoms with E-state index in [0.29, 0.717) is 11.4 Å². The maximum atomic E-state index is 11.9. The molecule has 1 aromatic heterocycles. The van der Waals surface area contributed by atoms with Crippen LogP contribution in [0.2, 0.25) is 0 Å². The Morgan fingerprint density at radius 2 is 2.24 bits per heavy atom. The van der Waals surface area contributed by atoms with Crippen LogP contribution in [0.25, 0.3) is 11.3 Å². The van der Waals surface area contributed by atoms with Gasteiger partial charge in [-0.15, -0.1) is 11.3 Å². The summed E-state index contributed by atoms with van der Waals surface area (Å²) in [7, 11) is 0. The smallest absolute Gasteiger partial charge is 0.265 e. The number of amides is 1. The Labute approximate surface area is 126 Å². The number of hydrogen-bond acceptors (Lipinski definition) is 5. The Morgan fingerprint density at radius 1 is 1.43 bits per heavy atom. The first-order chi connectivity index (χ1) is 10.1. The third-order valence-electron chi connectivity index (χ3n) is 3.40. The summed E-state index contributed by atoms with van der Waals surface area (Å²) in [6, 6.07) is 5.71. The summed E-state index contributed by atoms with van der Waals surface area (Å²) in [5.74, 6) is 0.524. The molecule has 0 saturated heterocycles. The number of anilines is 1. The third-order valence-corrected chi connectivity index (χ3v) is 4.29. The van der Waals surface area contributed by atoms with E-state index in [1.807, 2.05) is 32.0 Å². The fourth-order valence-corrected chi connectivity index (χ4v) is 3.33. The van der Waals surface area contributed by atoms with Gasteiger partial charge in [-0.3, -0.25) is 4.79 Å². The van der Waals surface area contributed by atoms with E-state index in [1.165, 1.54) is 0 Å². The molecule has 0 spiro atoms. The van der Waals surface area contributed by atoms with E-state index in [2.05, 4.69) is 4.98 Å². The quantitative estimate of drug-likeness (QED) is 0.943. The Bertz CT molecular complexity index is 696. The lowest BCUT2D eigenvalue weighted by molar-refractivity contribution is -0.121. The zero-order valence-electron chi connectivity index (χ0n) is 11.9. The first kappa shape index (κ1) is 14.0. The van der Waals surface area contributed by atoms with E-state index >= 15 is 0 Å². The summed E-state index contributed by atoms with van der Waals surface area (Å²) >= 11 is 1.65. The number of aromatic nitrogens is 1. The highest BCUT2D eigenvalue weighted by molar-refractivity contribution is 7.11. The molecule has 3 rings (SSSR count). The zero-order chi connectivity index (χ0) is 15.0. The molecular formula is C15H16N2O3S.